The Morgan fingerprint density at radius 2 is 1.12 bits per heavy atom. The van der Waals surface area contributed by atoms with Crippen LogP contribution in [0.2, 0.25) is 0 Å². The molecule has 0 aliphatic rings. The first-order chi connectivity index (χ1) is 3.91. The molecule has 8 heavy (non-hydrogen) atoms. The zero-order chi connectivity index (χ0) is 6.83. The minimum Gasteiger partial charge on any atom is -0.382 e. The van der Waals surface area contributed by atoms with E-state index in [0.29, 0.717) is 13.2 Å². The molecule has 0 amide bonds. The van der Waals surface area contributed by atoms with Crippen LogP contribution in [0.4, 0.5) is 0 Å². The van der Waals surface area contributed by atoms with Crippen LogP contribution in [0.1, 0.15) is 13.8 Å². The summed E-state index contributed by atoms with van der Waals surface area (Å²) in [5, 5.41) is 0. The van der Waals surface area contributed by atoms with Crippen molar-refractivity contribution in [1.82, 2.24) is 0 Å². The van der Waals surface area contributed by atoms with Crippen molar-refractivity contribution in [3.63, 3.8) is 0 Å². The Kier molecular flexibility index (Phi) is 21.3. The third-order valence-corrected chi connectivity index (χ3v) is 0.492. The topological polar surface area (TPSA) is 18.5 Å². The summed E-state index contributed by atoms with van der Waals surface area (Å²) in [4.78, 5) is 0. The van der Waals surface area contributed by atoms with Crippen molar-refractivity contribution < 1.29 is 9.47 Å². The minimum atomic E-state index is 0.691. The lowest BCUT2D eigenvalue weighted by molar-refractivity contribution is 0.103. The lowest BCUT2D eigenvalue weighted by Crippen LogP contribution is -1.96. The molecule has 0 fully saturated rings. The average molecular weight is 120 g/mol. The number of rotatable bonds is 3. The molecule has 2 heteroatoms. The third-order valence-electron chi connectivity index (χ3n) is 0.492. The van der Waals surface area contributed by atoms with Crippen LogP contribution >= 0.6 is 0 Å². The number of methoxy groups -OCH3 is 2. The Morgan fingerprint density at radius 3 is 1.25 bits per heavy atom. The Bertz CT molecular complexity index is 18.5. The summed E-state index contributed by atoms with van der Waals surface area (Å²) in [5.74, 6) is 0. The van der Waals surface area contributed by atoms with E-state index >= 15 is 0 Å². The number of ether oxygens (including phenoxy) is 2. The van der Waals surface area contributed by atoms with Gasteiger partial charge in [0.25, 0.3) is 0 Å². The second kappa shape index (κ2) is 15.8. The van der Waals surface area contributed by atoms with Gasteiger partial charge in [0.05, 0.1) is 13.2 Å². The van der Waals surface area contributed by atoms with Crippen molar-refractivity contribution in [2.75, 3.05) is 27.4 Å². The van der Waals surface area contributed by atoms with Crippen molar-refractivity contribution in [1.29, 1.82) is 0 Å². The van der Waals surface area contributed by atoms with E-state index in [1.54, 1.807) is 14.2 Å². The van der Waals surface area contributed by atoms with Gasteiger partial charge in [-0.1, -0.05) is 13.8 Å². The highest BCUT2D eigenvalue weighted by Crippen LogP contribution is 1.65. The first kappa shape index (κ1) is 10.8. The van der Waals surface area contributed by atoms with Gasteiger partial charge in [-0.05, 0) is 0 Å². The highest BCUT2D eigenvalue weighted by atomic mass is 16.5. The summed E-state index contributed by atoms with van der Waals surface area (Å²) in [6.45, 7) is 5.38. The molecule has 0 aromatic heterocycles. The maximum Gasteiger partial charge on any atom is 0.0696 e. The van der Waals surface area contributed by atoms with Crippen molar-refractivity contribution in [3.8, 4) is 0 Å². The lowest BCUT2D eigenvalue weighted by atomic mass is 10.8. The van der Waals surface area contributed by atoms with Gasteiger partial charge in [0, 0.05) is 14.2 Å². The summed E-state index contributed by atoms with van der Waals surface area (Å²) in [7, 11) is 3.30. The van der Waals surface area contributed by atoms with Gasteiger partial charge in [-0.2, -0.15) is 0 Å². The molecule has 0 radical (unpaired) electrons. The molecule has 2 nitrogen and oxygen atoms in total. The van der Waals surface area contributed by atoms with Crippen molar-refractivity contribution in [3.05, 3.63) is 0 Å². The van der Waals surface area contributed by atoms with Gasteiger partial charge in [0.1, 0.15) is 0 Å². The van der Waals surface area contributed by atoms with E-state index < -0.39 is 0 Å². The molecule has 0 spiro atoms. The van der Waals surface area contributed by atoms with E-state index in [0.717, 1.165) is 0 Å². The fraction of sp³-hybridized carbons (Fsp3) is 1.00. The quantitative estimate of drug-likeness (QED) is 0.523. The summed E-state index contributed by atoms with van der Waals surface area (Å²) in [6, 6.07) is 0. The zero-order valence-corrected chi connectivity index (χ0v) is 6.23. The van der Waals surface area contributed by atoms with E-state index in [9.17, 15) is 0 Å². The predicted octanol–water partition coefficient (Wildman–Crippen LogP) is 1.31. The molecular formula is C6H16O2. The molecule has 0 aromatic carbocycles. The predicted molar refractivity (Wildman–Crippen MR) is 35.1 cm³/mol. The van der Waals surface area contributed by atoms with Gasteiger partial charge < -0.3 is 9.47 Å². The van der Waals surface area contributed by atoms with E-state index in [-0.39, 0.29) is 0 Å². The van der Waals surface area contributed by atoms with E-state index in [1.807, 2.05) is 13.8 Å². The fourth-order valence-electron chi connectivity index (χ4n) is 0.167. The molecule has 0 aliphatic heterocycles. The Labute approximate surface area is 51.8 Å². The maximum atomic E-state index is 4.66. The Balaban J connectivity index is 0. The van der Waals surface area contributed by atoms with Crippen molar-refractivity contribution in [2.24, 2.45) is 0 Å². The van der Waals surface area contributed by atoms with Crippen LogP contribution in [0.3, 0.4) is 0 Å². The molecule has 0 unspecified atom stereocenters. The van der Waals surface area contributed by atoms with Gasteiger partial charge >= 0.3 is 0 Å². The van der Waals surface area contributed by atoms with Crippen LogP contribution in [0.15, 0.2) is 0 Å². The molecule has 0 N–H and O–H groups in total. The van der Waals surface area contributed by atoms with Crippen LogP contribution in [0, 0.1) is 0 Å². The fourth-order valence-corrected chi connectivity index (χ4v) is 0.167. The van der Waals surface area contributed by atoms with Crippen LogP contribution in [-0.2, 0) is 9.47 Å². The van der Waals surface area contributed by atoms with Crippen LogP contribution in [-0.4, -0.2) is 27.4 Å². The number of hydrogen-bond acceptors (Lipinski definition) is 2. The molecule has 0 rings (SSSR count). The lowest BCUT2D eigenvalue weighted by Gasteiger charge is -1.91. The number of hydrogen-bond donors (Lipinski definition) is 0. The van der Waals surface area contributed by atoms with Gasteiger partial charge in [-0.25, -0.2) is 0 Å². The Hall–Kier alpha value is -0.0800. The smallest absolute Gasteiger partial charge is 0.0696 e. The van der Waals surface area contributed by atoms with Crippen molar-refractivity contribution in [2.45, 2.75) is 13.8 Å². The molecular weight excluding hydrogens is 104 g/mol. The van der Waals surface area contributed by atoms with Crippen LogP contribution in [0.5, 0.6) is 0 Å². The Morgan fingerprint density at radius 1 is 0.875 bits per heavy atom. The average Bonchev–Trinajstić information content (AvgIpc) is 1.88. The zero-order valence-electron chi connectivity index (χ0n) is 6.23. The minimum absolute atomic E-state index is 0.691. The van der Waals surface area contributed by atoms with Gasteiger partial charge in [-0.15, -0.1) is 0 Å². The third kappa shape index (κ3) is 16.8. The first-order valence-electron chi connectivity index (χ1n) is 2.89. The second-order valence-corrected chi connectivity index (χ2v) is 0.986. The molecule has 0 saturated carbocycles. The van der Waals surface area contributed by atoms with Crippen LogP contribution < -0.4 is 0 Å². The molecule has 0 atom stereocenters. The first-order valence-corrected chi connectivity index (χ1v) is 2.89. The molecule has 0 aliphatic carbocycles. The maximum absolute atomic E-state index is 4.66. The van der Waals surface area contributed by atoms with E-state index in [2.05, 4.69) is 9.47 Å². The van der Waals surface area contributed by atoms with E-state index in [4.69, 9.17) is 0 Å². The largest absolute Gasteiger partial charge is 0.382 e. The summed E-state index contributed by atoms with van der Waals surface area (Å²) >= 11 is 0. The molecule has 0 saturated heterocycles. The van der Waals surface area contributed by atoms with Crippen LogP contribution in [0.25, 0.3) is 0 Å². The molecule has 0 heterocycles. The second-order valence-electron chi connectivity index (χ2n) is 0.986. The molecule has 0 aromatic rings. The van der Waals surface area contributed by atoms with Gasteiger partial charge in [-0.3, -0.25) is 0 Å². The highest BCUT2D eigenvalue weighted by Gasteiger charge is 1.73. The van der Waals surface area contributed by atoms with Crippen molar-refractivity contribution >= 4 is 0 Å². The van der Waals surface area contributed by atoms with Gasteiger partial charge in [0.15, 0.2) is 0 Å². The summed E-state index contributed by atoms with van der Waals surface area (Å²) in [6.07, 6.45) is 0. The summed E-state index contributed by atoms with van der Waals surface area (Å²) in [5.41, 5.74) is 0. The highest BCUT2D eigenvalue weighted by molar-refractivity contribution is 4.17. The normalized spacial score (nSPS) is 7.50. The SMILES string of the molecule is CC.COCCOC. The summed E-state index contributed by atoms with van der Waals surface area (Å²) < 4.78 is 9.31. The molecule has 52 valence electrons. The molecule has 0 bridgehead atoms. The van der Waals surface area contributed by atoms with Gasteiger partial charge in [0.2, 0.25) is 0 Å². The monoisotopic (exact) mass is 120 g/mol. The van der Waals surface area contributed by atoms with E-state index in [1.165, 1.54) is 0 Å². The standard InChI is InChI=1S/C4H10O2.C2H6/c1-5-3-4-6-2;1-2/h3-4H2,1-2H3;1-2H3.